The summed E-state index contributed by atoms with van der Waals surface area (Å²) >= 11 is 0. The molecule has 1 aromatic rings. The zero-order valence-corrected chi connectivity index (χ0v) is 16.3. The number of hydrogen-bond donors (Lipinski definition) is 2. The maximum atomic E-state index is 12.6. The largest absolute Gasteiger partial charge is 0.451 e. The summed E-state index contributed by atoms with van der Waals surface area (Å²) in [6.07, 6.45) is 1.82. The van der Waals surface area contributed by atoms with Gasteiger partial charge in [-0.3, -0.25) is 19.3 Å². The van der Waals surface area contributed by atoms with E-state index in [0.29, 0.717) is 18.5 Å². The van der Waals surface area contributed by atoms with E-state index in [4.69, 9.17) is 4.74 Å². The molecule has 1 spiro atoms. The van der Waals surface area contributed by atoms with Crippen LogP contribution >= 0.6 is 0 Å². The Labute approximate surface area is 163 Å². The fourth-order valence-electron chi connectivity index (χ4n) is 3.66. The van der Waals surface area contributed by atoms with Gasteiger partial charge in [0.15, 0.2) is 6.10 Å². The molecule has 0 radical (unpaired) electrons. The molecular formula is C20H25N3O5. The van der Waals surface area contributed by atoms with Crippen LogP contribution < -0.4 is 10.6 Å². The maximum absolute atomic E-state index is 12.6. The van der Waals surface area contributed by atoms with Gasteiger partial charge >= 0.3 is 12.0 Å². The molecule has 4 amide bonds. The molecule has 3 rings (SSSR count). The van der Waals surface area contributed by atoms with E-state index < -0.39 is 36.1 Å². The molecule has 0 bridgehead atoms. The van der Waals surface area contributed by atoms with Gasteiger partial charge in [0.1, 0.15) is 12.1 Å². The lowest BCUT2D eigenvalue weighted by Crippen LogP contribution is -2.44. The van der Waals surface area contributed by atoms with Gasteiger partial charge in [-0.25, -0.2) is 4.79 Å². The number of esters is 1. The molecule has 0 aromatic heterocycles. The summed E-state index contributed by atoms with van der Waals surface area (Å²) in [4.78, 5) is 50.1. The Morgan fingerprint density at radius 2 is 1.93 bits per heavy atom. The van der Waals surface area contributed by atoms with Gasteiger partial charge in [-0.1, -0.05) is 25.0 Å². The average Bonchev–Trinajstić information content (AvgIpc) is 3.19. The van der Waals surface area contributed by atoms with Crippen molar-refractivity contribution >= 4 is 29.5 Å². The summed E-state index contributed by atoms with van der Waals surface area (Å²) in [6, 6.07) is 5.06. The second-order valence-corrected chi connectivity index (χ2v) is 7.55. The molecule has 2 aliphatic rings. The number of hydrogen-bond acceptors (Lipinski definition) is 5. The number of carbonyl (C=O) groups is 4. The van der Waals surface area contributed by atoms with Crippen LogP contribution in [0.3, 0.4) is 0 Å². The molecule has 0 unspecified atom stereocenters. The normalized spacial score (nSPS) is 18.9. The predicted octanol–water partition coefficient (Wildman–Crippen LogP) is 2.04. The quantitative estimate of drug-likeness (QED) is 0.594. The Hall–Kier alpha value is -2.90. The monoisotopic (exact) mass is 387 g/mol. The Morgan fingerprint density at radius 3 is 2.61 bits per heavy atom. The first kappa shape index (κ1) is 19.9. The molecule has 28 heavy (non-hydrogen) atoms. The van der Waals surface area contributed by atoms with E-state index in [1.807, 2.05) is 32.0 Å². The fourth-order valence-corrected chi connectivity index (χ4v) is 3.66. The highest BCUT2D eigenvalue weighted by Gasteiger charge is 2.52. The molecule has 1 aliphatic carbocycles. The van der Waals surface area contributed by atoms with Crippen molar-refractivity contribution in [1.82, 2.24) is 10.2 Å². The first-order valence-corrected chi connectivity index (χ1v) is 9.43. The predicted molar refractivity (Wildman–Crippen MR) is 102 cm³/mol. The third-order valence-corrected chi connectivity index (χ3v) is 5.32. The molecule has 2 fully saturated rings. The molecule has 8 nitrogen and oxygen atoms in total. The van der Waals surface area contributed by atoms with Crippen molar-refractivity contribution in [2.75, 3.05) is 11.9 Å². The number of amides is 4. The third-order valence-electron chi connectivity index (χ3n) is 5.32. The Morgan fingerprint density at radius 1 is 1.25 bits per heavy atom. The SMILES string of the molecule is Cc1ccc(C)c(NC(=O)[C@@H](C)OC(=O)CN2C(=O)NC3(CCCC3)C2=O)c1. The number of rotatable bonds is 5. The van der Waals surface area contributed by atoms with E-state index in [0.717, 1.165) is 28.9 Å². The maximum Gasteiger partial charge on any atom is 0.327 e. The molecular weight excluding hydrogens is 362 g/mol. The molecule has 1 saturated heterocycles. The summed E-state index contributed by atoms with van der Waals surface area (Å²) in [5.74, 6) is -1.67. The molecule has 1 aromatic carbocycles. The average molecular weight is 387 g/mol. The molecule has 1 aliphatic heterocycles. The van der Waals surface area contributed by atoms with Crippen molar-refractivity contribution in [2.45, 2.75) is 58.1 Å². The smallest absolute Gasteiger partial charge is 0.327 e. The first-order chi connectivity index (χ1) is 13.2. The zero-order valence-electron chi connectivity index (χ0n) is 16.3. The minimum absolute atomic E-state index is 0.389. The van der Waals surface area contributed by atoms with Crippen LogP contribution in [0.5, 0.6) is 0 Å². The first-order valence-electron chi connectivity index (χ1n) is 9.43. The number of nitrogens with zero attached hydrogens (tertiary/aromatic N) is 1. The van der Waals surface area contributed by atoms with Gasteiger partial charge in [-0.05, 0) is 50.8 Å². The van der Waals surface area contributed by atoms with Gasteiger partial charge in [0.2, 0.25) is 0 Å². The van der Waals surface area contributed by atoms with Crippen molar-refractivity contribution in [3.05, 3.63) is 29.3 Å². The molecule has 1 atom stereocenters. The van der Waals surface area contributed by atoms with E-state index in [2.05, 4.69) is 10.6 Å². The number of nitrogens with one attached hydrogen (secondary N) is 2. The number of carbonyl (C=O) groups excluding carboxylic acids is 4. The zero-order chi connectivity index (χ0) is 20.5. The number of urea groups is 1. The molecule has 1 saturated carbocycles. The Balaban J connectivity index is 1.57. The van der Waals surface area contributed by atoms with Gasteiger partial charge in [0, 0.05) is 5.69 Å². The Bertz CT molecular complexity index is 829. The molecule has 1 heterocycles. The minimum Gasteiger partial charge on any atom is -0.451 e. The van der Waals surface area contributed by atoms with Crippen LogP contribution in [0.4, 0.5) is 10.5 Å². The number of aryl methyl sites for hydroxylation is 2. The number of benzene rings is 1. The lowest BCUT2D eigenvalue weighted by Gasteiger charge is -2.20. The summed E-state index contributed by atoms with van der Waals surface area (Å²) in [5, 5.41) is 5.44. The highest BCUT2D eigenvalue weighted by Crippen LogP contribution is 2.34. The van der Waals surface area contributed by atoms with E-state index in [9.17, 15) is 19.2 Å². The molecule has 2 N–H and O–H groups in total. The van der Waals surface area contributed by atoms with Crippen LogP contribution in [0.25, 0.3) is 0 Å². The van der Waals surface area contributed by atoms with Crippen molar-refractivity contribution < 1.29 is 23.9 Å². The minimum atomic E-state index is -1.06. The lowest BCUT2D eigenvalue weighted by atomic mass is 9.98. The van der Waals surface area contributed by atoms with Crippen LogP contribution in [0, 0.1) is 13.8 Å². The van der Waals surface area contributed by atoms with E-state index in [1.54, 1.807) is 0 Å². The van der Waals surface area contributed by atoms with Crippen LogP contribution in [0.1, 0.15) is 43.7 Å². The van der Waals surface area contributed by atoms with E-state index >= 15 is 0 Å². The van der Waals surface area contributed by atoms with Crippen LogP contribution in [-0.2, 0) is 19.1 Å². The van der Waals surface area contributed by atoms with Gasteiger partial charge in [0.25, 0.3) is 11.8 Å². The van der Waals surface area contributed by atoms with Crippen molar-refractivity contribution in [2.24, 2.45) is 0 Å². The Kier molecular flexibility index (Phi) is 5.40. The summed E-state index contributed by atoms with van der Waals surface area (Å²) in [6.45, 7) is 4.71. The number of imide groups is 1. The van der Waals surface area contributed by atoms with Gasteiger partial charge in [-0.15, -0.1) is 0 Å². The summed E-state index contributed by atoms with van der Waals surface area (Å²) < 4.78 is 5.14. The second-order valence-electron chi connectivity index (χ2n) is 7.55. The summed E-state index contributed by atoms with van der Waals surface area (Å²) in [5.41, 5.74) is 1.65. The van der Waals surface area contributed by atoms with Gasteiger partial charge in [0.05, 0.1) is 0 Å². The second kappa shape index (κ2) is 7.61. The van der Waals surface area contributed by atoms with Crippen molar-refractivity contribution in [1.29, 1.82) is 0 Å². The molecule has 150 valence electrons. The van der Waals surface area contributed by atoms with E-state index in [1.165, 1.54) is 6.92 Å². The lowest BCUT2D eigenvalue weighted by molar-refractivity contribution is -0.155. The van der Waals surface area contributed by atoms with E-state index in [-0.39, 0.29) is 5.91 Å². The highest BCUT2D eigenvalue weighted by atomic mass is 16.5. The highest BCUT2D eigenvalue weighted by molar-refractivity contribution is 6.09. The summed E-state index contributed by atoms with van der Waals surface area (Å²) in [7, 11) is 0. The van der Waals surface area contributed by atoms with Gasteiger partial charge < -0.3 is 15.4 Å². The van der Waals surface area contributed by atoms with Crippen molar-refractivity contribution in [3.8, 4) is 0 Å². The number of anilines is 1. The molecule has 8 heteroatoms. The standard InChI is InChI=1S/C20H25N3O5/c1-12-6-7-13(2)15(10-12)21-17(25)14(3)28-16(24)11-23-18(26)20(22-19(23)27)8-4-5-9-20/h6-7,10,14H,4-5,8-9,11H2,1-3H3,(H,21,25)(H,22,27)/t14-/m1/s1. The van der Waals surface area contributed by atoms with Crippen LogP contribution in [-0.4, -0.2) is 46.9 Å². The van der Waals surface area contributed by atoms with Crippen LogP contribution in [0.15, 0.2) is 18.2 Å². The fraction of sp³-hybridized carbons (Fsp3) is 0.500. The van der Waals surface area contributed by atoms with Gasteiger partial charge in [-0.2, -0.15) is 0 Å². The van der Waals surface area contributed by atoms with Crippen LogP contribution in [0.2, 0.25) is 0 Å². The third kappa shape index (κ3) is 3.85. The topological polar surface area (TPSA) is 105 Å². The number of ether oxygens (including phenoxy) is 1. The van der Waals surface area contributed by atoms with Crippen molar-refractivity contribution in [3.63, 3.8) is 0 Å².